The molecular weight excluding hydrogens is 572 g/mol. The lowest BCUT2D eigenvalue weighted by atomic mass is 10.1. The van der Waals surface area contributed by atoms with Crippen LogP contribution in [0.1, 0.15) is 149 Å². The van der Waals surface area contributed by atoms with E-state index in [1.54, 1.807) is 0 Å². The molecule has 0 rings (SSSR count). The molecule has 0 aliphatic heterocycles. The fourth-order valence-electron chi connectivity index (χ4n) is 4.94. The van der Waals surface area contributed by atoms with E-state index >= 15 is 0 Å². The first-order valence-corrected chi connectivity index (χ1v) is 18.9. The minimum atomic E-state index is -0.124. The third-order valence-corrected chi connectivity index (χ3v) is 7.73. The van der Waals surface area contributed by atoms with E-state index in [1.807, 2.05) is 0 Å². The van der Waals surface area contributed by atoms with Crippen molar-refractivity contribution >= 4 is 5.97 Å². The van der Waals surface area contributed by atoms with Crippen LogP contribution in [0.3, 0.4) is 0 Å². The lowest BCUT2D eigenvalue weighted by Gasteiger charge is -2.08. The van der Waals surface area contributed by atoms with E-state index < -0.39 is 0 Å². The summed E-state index contributed by atoms with van der Waals surface area (Å²) in [6.45, 7) is 11.5. The Hall–Kier alpha value is -0.770. The van der Waals surface area contributed by atoms with Crippen molar-refractivity contribution in [3.63, 3.8) is 0 Å². The van der Waals surface area contributed by atoms with E-state index in [2.05, 4.69) is 13.8 Å². The molecule has 0 bridgehead atoms. The molecule has 0 amide bonds. The Bertz CT molecular complexity index is 549. The number of unbranched alkanes of at least 4 members (excludes halogenated alkanes) is 18. The summed E-state index contributed by atoms with van der Waals surface area (Å²) in [4.78, 5) is 11.8. The zero-order valence-corrected chi connectivity index (χ0v) is 29.8. The van der Waals surface area contributed by atoms with E-state index in [0.717, 1.165) is 25.9 Å². The van der Waals surface area contributed by atoms with Gasteiger partial charge in [0.25, 0.3) is 0 Å². The topological polar surface area (TPSA) is 81.7 Å². The molecule has 0 aromatic carbocycles. The summed E-state index contributed by atoms with van der Waals surface area (Å²) in [6.07, 6.45) is 26.6. The minimum absolute atomic E-state index is 0.124. The zero-order chi connectivity index (χ0) is 32.6. The molecule has 0 spiro atoms. The SMILES string of the molecule is CCCCCCCCCCCCCOCCOCCOCCOCCOCCOCCOC(=O)CCCCCCCCCCC. The number of hydrogen-bond acceptors (Lipinski definition) is 8. The van der Waals surface area contributed by atoms with Gasteiger partial charge < -0.3 is 33.2 Å². The third-order valence-electron chi connectivity index (χ3n) is 7.73. The number of ether oxygens (including phenoxy) is 7. The van der Waals surface area contributed by atoms with Gasteiger partial charge in [-0.15, -0.1) is 0 Å². The van der Waals surface area contributed by atoms with Crippen LogP contribution < -0.4 is 0 Å². The Morgan fingerprint density at radius 1 is 0.311 bits per heavy atom. The largest absolute Gasteiger partial charge is 0.463 e. The molecule has 0 aromatic rings. The Balaban J connectivity index is 3.10. The summed E-state index contributed by atoms with van der Waals surface area (Å²) < 4.78 is 38.4. The highest BCUT2D eigenvalue weighted by Gasteiger charge is 2.03. The molecule has 0 radical (unpaired) electrons. The summed E-state index contributed by atoms with van der Waals surface area (Å²) in [5, 5.41) is 0. The van der Waals surface area contributed by atoms with E-state index in [0.29, 0.717) is 85.7 Å². The summed E-state index contributed by atoms with van der Waals surface area (Å²) in [5.41, 5.74) is 0. The molecule has 0 saturated carbocycles. The van der Waals surface area contributed by atoms with Crippen molar-refractivity contribution in [3.8, 4) is 0 Å². The Morgan fingerprint density at radius 2 is 0.578 bits per heavy atom. The predicted octanol–water partition coefficient (Wildman–Crippen LogP) is 8.86. The van der Waals surface area contributed by atoms with Gasteiger partial charge in [-0.1, -0.05) is 129 Å². The first kappa shape index (κ1) is 44.2. The standard InChI is InChI=1S/C37H74O8/c1-3-5-7-9-11-13-14-16-18-20-22-24-39-25-26-40-27-28-41-29-30-42-31-32-43-33-34-44-35-36-45-37(38)23-21-19-17-15-12-10-8-6-4-2/h3-36H2,1-2H3. The smallest absolute Gasteiger partial charge is 0.305 e. The monoisotopic (exact) mass is 647 g/mol. The Morgan fingerprint density at radius 3 is 0.933 bits per heavy atom. The van der Waals surface area contributed by atoms with Crippen LogP contribution in [0.4, 0.5) is 0 Å². The molecule has 0 aliphatic carbocycles. The van der Waals surface area contributed by atoms with Gasteiger partial charge in [0.15, 0.2) is 0 Å². The first-order chi connectivity index (χ1) is 22.3. The summed E-state index contributed by atoms with van der Waals surface area (Å²) >= 11 is 0. The van der Waals surface area contributed by atoms with Crippen molar-refractivity contribution in [3.05, 3.63) is 0 Å². The predicted molar refractivity (Wildman–Crippen MR) is 184 cm³/mol. The minimum Gasteiger partial charge on any atom is -0.463 e. The van der Waals surface area contributed by atoms with Crippen LogP contribution in [-0.4, -0.2) is 91.9 Å². The van der Waals surface area contributed by atoms with E-state index in [9.17, 15) is 4.79 Å². The maximum absolute atomic E-state index is 11.8. The van der Waals surface area contributed by atoms with Crippen LogP contribution in [0.5, 0.6) is 0 Å². The summed E-state index contributed by atoms with van der Waals surface area (Å²) in [7, 11) is 0. The van der Waals surface area contributed by atoms with Gasteiger partial charge >= 0.3 is 5.97 Å². The zero-order valence-electron chi connectivity index (χ0n) is 29.8. The van der Waals surface area contributed by atoms with Crippen LogP contribution in [0.15, 0.2) is 0 Å². The molecule has 45 heavy (non-hydrogen) atoms. The van der Waals surface area contributed by atoms with Gasteiger partial charge in [0.05, 0.1) is 72.7 Å². The van der Waals surface area contributed by atoms with Gasteiger partial charge in [-0.2, -0.15) is 0 Å². The summed E-state index contributed by atoms with van der Waals surface area (Å²) in [5.74, 6) is -0.124. The number of esters is 1. The average molecular weight is 647 g/mol. The van der Waals surface area contributed by atoms with Crippen molar-refractivity contribution in [1.29, 1.82) is 0 Å². The molecule has 0 heterocycles. The quantitative estimate of drug-likeness (QED) is 0.0482. The Kier molecular flexibility index (Phi) is 40.5. The first-order valence-electron chi connectivity index (χ1n) is 18.9. The molecule has 0 aromatic heterocycles. The Labute approximate surface area is 278 Å². The van der Waals surface area contributed by atoms with E-state index in [4.69, 9.17) is 33.2 Å². The number of rotatable bonds is 40. The maximum Gasteiger partial charge on any atom is 0.305 e. The van der Waals surface area contributed by atoms with Crippen molar-refractivity contribution in [2.45, 2.75) is 149 Å². The highest BCUT2D eigenvalue weighted by Crippen LogP contribution is 2.12. The van der Waals surface area contributed by atoms with E-state index in [1.165, 1.54) is 109 Å². The fourth-order valence-corrected chi connectivity index (χ4v) is 4.94. The van der Waals surface area contributed by atoms with Crippen LogP contribution in [-0.2, 0) is 38.0 Å². The van der Waals surface area contributed by atoms with Crippen LogP contribution >= 0.6 is 0 Å². The molecule has 270 valence electrons. The molecule has 0 saturated heterocycles. The highest BCUT2D eigenvalue weighted by atomic mass is 16.6. The van der Waals surface area contributed by atoms with Crippen LogP contribution in [0.2, 0.25) is 0 Å². The lowest BCUT2D eigenvalue weighted by molar-refractivity contribution is -0.145. The van der Waals surface area contributed by atoms with Gasteiger partial charge in [0.2, 0.25) is 0 Å². The van der Waals surface area contributed by atoms with Crippen LogP contribution in [0.25, 0.3) is 0 Å². The molecule has 0 aliphatic rings. The molecule has 0 unspecified atom stereocenters. The second-order valence-corrected chi connectivity index (χ2v) is 12.0. The van der Waals surface area contributed by atoms with Crippen LogP contribution in [0, 0.1) is 0 Å². The molecule has 0 N–H and O–H groups in total. The lowest BCUT2D eigenvalue weighted by Crippen LogP contribution is -2.15. The molecule has 0 atom stereocenters. The van der Waals surface area contributed by atoms with Crippen molar-refractivity contribution in [1.82, 2.24) is 0 Å². The fraction of sp³-hybridized carbons (Fsp3) is 0.973. The molecule has 8 heteroatoms. The molecule has 8 nitrogen and oxygen atoms in total. The number of carbonyl (C=O) groups is 1. The maximum atomic E-state index is 11.8. The van der Waals surface area contributed by atoms with Gasteiger partial charge in [-0.25, -0.2) is 0 Å². The van der Waals surface area contributed by atoms with E-state index in [-0.39, 0.29) is 5.97 Å². The van der Waals surface area contributed by atoms with Crippen molar-refractivity contribution < 1.29 is 38.0 Å². The van der Waals surface area contributed by atoms with Gasteiger partial charge in [0.1, 0.15) is 6.61 Å². The highest BCUT2D eigenvalue weighted by molar-refractivity contribution is 5.69. The molecular formula is C37H74O8. The van der Waals surface area contributed by atoms with Gasteiger partial charge in [-0.3, -0.25) is 4.79 Å². The van der Waals surface area contributed by atoms with Gasteiger partial charge in [-0.05, 0) is 12.8 Å². The van der Waals surface area contributed by atoms with Crippen molar-refractivity contribution in [2.75, 3.05) is 85.9 Å². The number of carbonyl (C=O) groups excluding carboxylic acids is 1. The van der Waals surface area contributed by atoms with Gasteiger partial charge in [0, 0.05) is 13.0 Å². The van der Waals surface area contributed by atoms with Crippen molar-refractivity contribution in [2.24, 2.45) is 0 Å². The summed E-state index contributed by atoms with van der Waals surface area (Å²) in [6, 6.07) is 0. The normalized spacial score (nSPS) is 11.4. The third kappa shape index (κ3) is 41.2. The number of hydrogen-bond donors (Lipinski definition) is 0. The second-order valence-electron chi connectivity index (χ2n) is 12.0. The average Bonchev–Trinajstić information content (AvgIpc) is 3.05. The molecule has 0 fully saturated rings. The second kappa shape index (κ2) is 41.3.